The van der Waals surface area contributed by atoms with Gasteiger partial charge in [0.25, 0.3) is 0 Å². The Morgan fingerprint density at radius 3 is 2.62 bits per heavy atom. The Labute approximate surface area is 152 Å². The van der Waals surface area contributed by atoms with E-state index in [0.717, 1.165) is 55.1 Å². The number of hydrogen-bond donors (Lipinski definition) is 0. The van der Waals surface area contributed by atoms with E-state index in [2.05, 4.69) is 36.0 Å². The molecule has 0 atom stereocenters. The van der Waals surface area contributed by atoms with Gasteiger partial charge in [0.05, 0.1) is 11.2 Å². The van der Waals surface area contributed by atoms with Gasteiger partial charge in [-0.05, 0) is 25.1 Å². The maximum atomic E-state index is 5.68. The molecule has 1 saturated heterocycles. The van der Waals surface area contributed by atoms with Crippen molar-refractivity contribution in [1.82, 2.24) is 25.1 Å². The maximum absolute atomic E-state index is 5.68. The summed E-state index contributed by atoms with van der Waals surface area (Å²) in [6.07, 6.45) is 1.65. The van der Waals surface area contributed by atoms with Gasteiger partial charge < -0.3 is 9.64 Å². The summed E-state index contributed by atoms with van der Waals surface area (Å²) in [5, 5.41) is 9.15. The van der Waals surface area contributed by atoms with Gasteiger partial charge in [-0.25, -0.2) is 9.97 Å². The second kappa shape index (κ2) is 7.61. The van der Waals surface area contributed by atoms with Gasteiger partial charge in [-0.2, -0.15) is 5.10 Å². The summed E-state index contributed by atoms with van der Waals surface area (Å²) in [5.41, 5.74) is 1.89. The van der Waals surface area contributed by atoms with E-state index in [-0.39, 0.29) is 0 Å². The van der Waals surface area contributed by atoms with Crippen LogP contribution in [-0.4, -0.2) is 64.4 Å². The number of para-hydroxylation sites is 1. The maximum Gasteiger partial charge on any atom is 0.233 e. The van der Waals surface area contributed by atoms with Gasteiger partial charge in [-0.1, -0.05) is 12.1 Å². The molecule has 1 aliphatic rings. The first-order valence-electron chi connectivity index (χ1n) is 8.90. The van der Waals surface area contributed by atoms with Crippen molar-refractivity contribution in [2.24, 2.45) is 0 Å². The van der Waals surface area contributed by atoms with E-state index >= 15 is 0 Å². The molecule has 2 aromatic heterocycles. The number of fused-ring (bicyclic) bond motifs is 1. The minimum absolute atomic E-state index is 0.585. The van der Waals surface area contributed by atoms with Gasteiger partial charge in [0.2, 0.25) is 5.88 Å². The third-order valence-electron chi connectivity index (χ3n) is 4.62. The second-order valence-electron chi connectivity index (χ2n) is 6.40. The van der Waals surface area contributed by atoms with E-state index in [0.29, 0.717) is 12.5 Å². The topological polar surface area (TPSA) is 67.3 Å². The summed E-state index contributed by atoms with van der Waals surface area (Å²) in [6.45, 7) is 7.29. The Balaban J connectivity index is 1.30. The van der Waals surface area contributed by atoms with Crippen molar-refractivity contribution in [3.8, 4) is 5.88 Å². The molecule has 0 amide bonds. The minimum Gasteiger partial charge on any atom is -0.475 e. The third kappa shape index (κ3) is 3.72. The summed E-state index contributed by atoms with van der Waals surface area (Å²) in [5.74, 6) is 1.61. The van der Waals surface area contributed by atoms with Crippen molar-refractivity contribution in [2.45, 2.75) is 6.92 Å². The standard InChI is InChI=1S/C19H22N6O/c1-15-6-7-18(23-22-15)26-13-12-24-8-10-25(11-9-24)19-16-4-2-3-5-17(16)20-14-21-19/h2-7,14H,8-13H2,1H3. The van der Waals surface area contributed by atoms with Gasteiger partial charge in [-0.15, -0.1) is 5.10 Å². The lowest BCUT2D eigenvalue weighted by atomic mass is 10.2. The predicted molar refractivity (Wildman–Crippen MR) is 100 cm³/mol. The molecule has 4 rings (SSSR count). The van der Waals surface area contributed by atoms with Crippen LogP contribution < -0.4 is 9.64 Å². The smallest absolute Gasteiger partial charge is 0.233 e. The van der Waals surface area contributed by atoms with Crippen LogP contribution in [-0.2, 0) is 0 Å². The summed E-state index contributed by atoms with van der Waals surface area (Å²) in [7, 11) is 0. The molecule has 0 saturated carbocycles. The quantitative estimate of drug-likeness (QED) is 0.696. The molecule has 0 aliphatic carbocycles. The van der Waals surface area contributed by atoms with Gasteiger partial charge in [-0.3, -0.25) is 4.90 Å². The van der Waals surface area contributed by atoms with Crippen LogP contribution in [0.2, 0.25) is 0 Å². The summed E-state index contributed by atoms with van der Waals surface area (Å²) < 4.78 is 5.68. The molecule has 3 aromatic rings. The molecular weight excluding hydrogens is 328 g/mol. The first-order chi connectivity index (χ1) is 12.8. The highest BCUT2D eigenvalue weighted by atomic mass is 16.5. The average molecular weight is 350 g/mol. The number of hydrogen-bond acceptors (Lipinski definition) is 7. The monoisotopic (exact) mass is 350 g/mol. The van der Waals surface area contributed by atoms with Crippen LogP contribution in [0.25, 0.3) is 10.9 Å². The van der Waals surface area contributed by atoms with E-state index in [4.69, 9.17) is 4.74 Å². The van der Waals surface area contributed by atoms with Crippen molar-refractivity contribution in [3.05, 3.63) is 48.4 Å². The van der Waals surface area contributed by atoms with Gasteiger partial charge >= 0.3 is 0 Å². The van der Waals surface area contributed by atoms with Crippen molar-refractivity contribution in [1.29, 1.82) is 0 Å². The van der Waals surface area contributed by atoms with Crippen molar-refractivity contribution < 1.29 is 4.74 Å². The number of nitrogens with zero attached hydrogens (tertiary/aromatic N) is 6. The fourth-order valence-electron chi connectivity index (χ4n) is 3.17. The molecule has 26 heavy (non-hydrogen) atoms. The van der Waals surface area contributed by atoms with E-state index < -0.39 is 0 Å². The Bertz CT molecular complexity index is 856. The van der Waals surface area contributed by atoms with Crippen LogP contribution in [0.3, 0.4) is 0 Å². The summed E-state index contributed by atoms with van der Waals surface area (Å²) in [6, 6.07) is 11.9. The number of benzene rings is 1. The Morgan fingerprint density at radius 2 is 1.81 bits per heavy atom. The fraction of sp³-hybridized carbons (Fsp3) is 0.368. The van der Waals surface area contributed by atoms with Gasteiger partial charge in [0.1, 0.15) is 18.8 Å². The second-order valence-corrected chi connectivity index (χ2v) is 6.40. The van der Waals surface area contributed by atoms with E-state index in [1.54, 1.807) is 6.33 Å². The molecule has 0 radical (unpaired) electrons. The van der Waals surface area contributed by atoms with Crippen LogP contribution in [0, 0.1) is 6.92 Å². The third-order valence-corrected chi connectivity index (χ3v) is 4.62. The largest absolute Gasteiger partial charge is 0.475 e. The lowest BCUT2D eigenvalue weighted by molar-refractivity contribution is 0.196. The molecule has 1 fully saturated rings. The zero-order valence-corrected chi connectivity index (χ0v) is 14.9. The molecule has 7 heteroatoms. The Morgan fingerprint density at radius 1 is 0.962 bits per heavy atom. The first-order valence-corrected chi connectivity index (χ1v) is 8.90. The van der Waals surface area contributed by atoms with Crippen molar-refractivity contribution in [3.63, 3.8) is 0 Å². The molecule has 1 aromatic carbocycles. The fourth-order valence-corrected chi connectivity index (χ4v) is 3.17. The number of rotatable bonds is 5. The highest BCUT2D eigenvalue weighted by molar-refractivity contribution is 5.89. The van der Waals surface area contributed by atoms with Gasteiger partial charge in [0.15, 0.2) is 0 Å². The molecule has 7 nitrogen and oxygen atoms in total. The van der Waals surface area contributed by atoms with Crippen molar-refractivity contribution in [2.75, 3.05) is 44.2 Å². The number of piperazine rings is 1. The summed E-state index contributed by atoms with van der Waals surface area (Å²) in [4.78, 5) is 13.6. The molecule has 3 heterocycles. The number of ether oxygens (including phenoxy) is 1. The SMILES string of the molecule is Cc1ccc(OCCN2CCN(c3ncnc4ccccc34)CC2)nn1. The minimum atomic E-state index is 0.585. The molecule has 0 N–H and O–H groups in total. The lowest BCUT2D eigenvalue weighted by Gasteiger charge is -2.35. The zero-order chi connectivity index (χ0) is 17.8. The van der Waals surface area contributed by atoms with E-state index in [1.807, 2.05) is 37.3 Å². The molecule has 0 spiro atoms. The van der Waals surface area contributed by atoms with Crippen LogP contribution in [0.4, 0.5) is 5.82 Å². The number of aromatic nitrogens is 4. The van der Waals surface area contributed by atoms with Crippen LogP contribution >= 0.6 is 0 Å². The Hall–Kier alpha value is -2.80. The van der Waals surface area contributed by atoms with Crippen LogP contribution in [0.1, 0.15) is 5.69 Å². The number of aryl methyl sites for hydroxylation is 1. The predicted octanol–water partition coefficient (Wildman–Crippen LogP) is 1.93. The van der Waals surface area contributed by atoms with E-state index in [1.165, 1.54) is 0 Å². The zero-order valence-electron chi connectivity index (χ0n) is 14.9. The average Bonchev–Trinajstić information content (AvgIpc) is 2.70. The molecule has 1 aliphatic heterocycles. The molecule has 0 unspecified atom stereocenters. The highest BCUT2D eigenvalue weighted by Gasteiger charge is 2.19. The van der Waals surface area contributed by atoms with Gasteiger partial charge in [0, 0.05) is 44.2 Å². The van der Waals surface area contributed by atoms with E-state index in [9.17, 15) is 0 Å². The molecular formula is C19H22N6O. The molecule has 134 valence electrons. The highest BCUT2D eigenvalue weighted by Crippen LogP contribution is 2.23. The Kier molecular flexibility index (Phi) is 4.88. The van der Waals surface area contributed by atoms with Crippen LogP contribution in [0.15, 0.2) is 42.7 Å². The lowest BCUT2D eigenvalue weighted by Crippen LogP contribution is -2.47. The number of anilines is 1. The van der Waals surface area contributed by atoms with Crippen molar-refractivity contribution >= 4 is 16.7 Å². The first kappa shape index (κ1) is 16.7. The molecule has 0 bridgehead atoms. The summed E-state index contributed by atoms with van der Waals surface area (Å²) >= 11 is 0. The van der Waals surface area contributed by atoms with Crippen LogP contribution in [0.5, 0.6) is 5.88 Å². The normalized spacial score (nSPS) is 15.3.